The first-order chi connectivity index (χ1) is 4.70. The van der Waals surface area contributed by atoms with Crippen LogP contribution in [0.1, 0.15) is 0 Å². The van der Waals surface area contributed by atoms with Crippen molar-refractivity contribution < 1.29 is 4.92 Å². The maximum atomic E-state index is 10.0. The van der Waals surface area contributed by atoms with Crippen LogP contribution in [0.2, 0.25) is 0 Å². The molecule has 1 aromatic rings. The molecule has 0 atom stereocenters. The Hall–Kier alpha value is -1.36. The van der Waals surface area contributed by atoms with Crippen molar-refractivity contribution >= 4 is 23.9 Å². The average Bonchev–Trinajstić information content (AvgIpc) is 1.88. The highest BCUT2D eigenvalue weighted by atomic mass is 35.5. The lowest BCUT2D eigenvalue weighted by Gasteiger charge is -1.90. The predicted molar refractivity (Wildman–Crippen MR) is 42.6 cm³/mol. The molecular formula is C5H6ClN3O2. The molecule has 0 aromatic carbocycles. The van der Waals surface area contributed by atoms with Gasteiger partial charge in [-0.15, -0.1) is 12.4 Å². The molecule has 0 aliphatic heterocycles. The van der Waals surface area contributed by atoms with Crippen molar-refractivity contribution in [1.29, 1.82) is 0 Å². The fourth-order valence-corrected chi connectivity index (χ4v) is 0.534. The Morgan fingerprint density at radius 1 is 1.64 bits per heavy atom. The lowest BCUT2D eigenvalue weighted by Crippen LogP contribution is -1.93. The first-order valence-electron chi connectivity index (χ1n) is 2.56. The molecule has 5 nitrogen and oxygen atoms in total. The summed E-state index contributed by atoms with van der Waals surface area (Å²) < 4.78 is 0. The number of halogens is 1. The molecule has 0 saturated carbocycles. The molecule has 0 spiro atoms. The largest absolute Gasteiger partial charge is 0.398 e. The van der Waals surface area contributed by atoms with Crippen LogP contribution in [0, 0.1) is 10.1 Å². The van der Waals surface area contributed by atoms with E-state index < -0.39 is 4.92 Å². The standard InChI is InChI=1S/C5H5N3O2.ClH/c6-4-1-2-7-5(3-4)8(9)10;/h1-3H,(H2,6,7);1H. The molecule has 0 fully saturated rings. The second-order valence-corrected chi connectivity index (χ2v) is 1.70. The Labute approximate surface area is 68.8 Å². The predicted octanol–water partition coefficient (Wildman–Crippen LogP) is 0.994. The molecule has 0 saturated heterocycles. The van der Waals surface area contributed by atoms with Crippen molar-refractivity contribution in [3.8, 4) is 0 Å². The van der Waals surface area contributed by atoms with E-state index in [1.165, 1.54) is 18.3 Å². The van der Waals surface area contributed by atoms with Gasteiger partial charge < -0.3 is 15.8 Å². The first kappa shape index (κ1) is 9.64. The summed E-state index contributed by atoms with van der Waals surface area (Å²) in [6, 6.07) is 2.70. The van der Waals surface area contributed by atoms with Crippen LogP contribution in [0.15, 0.2) is 18.3 Å². The molecular weight excluding hydrogens is 170 g/mol. The molecule has 1 rings (SSSR count). The second kappa shape index (κ2) is 3.72. The van der Waals surface area contributed by atoms with E-state index in [-0.39, 0.29) is 18.2 Å². The Morgan fingerprint density at radius 2 is 2.27 bits per heavy atom. The normalized spacial score (nSPS) is 8.36. The van der Waals surface area contributed by atoms with E-state index in [0.717, 1.165) is 0 Å². The van der Waals surface area contributed by atoms with Crippen LogP contribution in [-0.4, -0.2) is 9.91 Å². The summed E-state index contributed by atoms with van der Waals surface area (Å²) in [7, 11) is 0. The van der Waals surface area contributed by atoms with Gasteiger partial charge in [-0.3, -0.25) is 0 Å². The van der Waals surface area contributed by atoms with Crippen LogP contribution in [0.25, 0.3) is 0 Å². The molecule has 0 bridgehead atoms. The third-order valence-corrected chi connectivity index (χ3v) is 0.957. The molecule has 1 aromatic heterocycles. The molecule has 0 radical (unpaired) electrons. The number of hydrogen-bond acceptors (Lipinski definition) is 4. The smallest absolute Gasteiger partial charge is 0.365 e. The zero-order valence-corrected chi connectivity index (χ0v) is 6.25. The molecule has 2 N–H and O–H groups in total. The van der Waals surface area contributed by atoms with Gasteiger partial charge in [0.25, 0.3) is 0 Å². The van der Waals surface area contributed by atoms with Crippen molar-refractivity contribution in [3.05, 3.63) is 28.4 Å². The van der Waals surface area contributed by atoms with E-state index >= 15 is 0 Å². The van der Waals surface area contributed by atoms with Gasteiger partial charge in [0.05, 0.1) is 6.07 Å². The number of nitrogens with zero attached hydrogens (tertiary/aromatic N) is 2. The summed E-state index contributed by atoms with van der Waals surface area (Å²) >= 11 is 0. The molecule has 0 unspecified atom stereocenters. The lowest BCUT2D eigenvalue weighted by atomic mass is 10.4. The van der Waals surface area contributed by atoms with Gasteiger partial charge in [0.2, 0.25) is 0 Å². The maximum absolute atomic E-state index is 10.0. The molecule has 1 heterocycles. The number of pyridine rings is 1. The summed E-state index contributed by atoms with van der Waals surface area (Å²) in [4.78, 5) is 12.9. The SMILES string of the molecule is Cl.Nc1ccnc([N+](=O)[O-])c1. The first-order valence-corrected chi connectivity index (χ1v) is 2.56. The number of aromatic nitrogens is 1. The summed E-state index contributed by atoms with van der Waals surface area (Å²) in [5, 5.41) is 10.0. The van der Waals surface area contributed by atoms with E-state index in [1.54, 1.807) is 0 Å². The monoisotopic (exact) mass is 175 g/mol. The van der Waals surface area contributed by atoms with Crippen molar-refractivity contribution in [3.63, 3.8) is 0 Å². The van der Waals surface area contributed by atoms with E-state index in [1.807, 2.05) is 0 Å². The molecule has 11 heavy (non-hydrogen) atoms. The third kappa shape index (κ3) is 2.38. The quantitative estimate of drug-likeness (QED) is 0.510. The molecule has 6 heteroatoms. The van der Waals surface area contributed by atoms with Gasteiger partial charge in [0.1, 0.15) is 6.20 Å². The average molecular weight is 176 g/mol. The minimum absolute atomic E-state index is 0. The van der Waals surface area contributed by atoms with Crippen molar-refractivity contribution in [2.24, 2.45) is 0 Å². The van der Waals surface area contributed by atoms with Gasteiger partial charge in [-0.05, 0) is 9.91 Å². The van der Waals surface area contributed by atoms with Crippen LogP contribution in [0.5, 0.6) is 0 Å². The van der Waals surface area contributed by atoms with Crippen LogP contribution in [-0.2, 0) is 0 Å². The molecule has 60 valence electrons. The molecule has 0 aliphatic rings. The highest BCUT2D eigenvalue weighted by molar-refractivity contribution is 5.85. The summed E-state index contributed by atoms with van der Waals surface area (Å²) in [6.07, 6.45) is 1.30. The van der Waals surface area contributed by atoms with Gasteiger partial charge in [-0.2, -0.15) is 0 Å². The third-order valence-electron chi connectivity index (χ3n) is 0.957. The summed E-state index contributed by atoms with van der Waals surface area (Å²) in [5.41, 5.74) is 5.60. The van der Waals surface area contributed by atoms with Crippen molar-refractivity contribution in [2.45, 2.75) is 0 Å². The highest BCUT2D eigenvalue weighted by Gasteiger charge is 2.03. The van der Waals surface area contributed by atoms with Crippen LogP contribution in [0.3, 0.4) is 0 Å². The minimum Gasteiger partial charge on any atom is -0.398 e. The minimum atomic E-state index is -0.587. The van der Waals surface area contributed by atoms with E-state index in [2.05, 4.69) is 4.98 Å². The van der Waals surface area contributed by atoms with Crippen LogP contribution < -0.4 is 5.73 Å². The zero-order chi connectivity index (χ0) is 7.56. The second-order valence-electron chi connectivity index (χ2n) is 1.70. The summed E-state index contributed by atoms with van der Waals surface area (Å²) in [5.74, 6) is -0.222. The van der Waals surface area contributed by atoms with E-state index in [4.69, 9.17) is 5.73 Å². The van der Waals surface area contributed by atoms with Gasteiger partial charge in [0.15, 0.2) is 0 Å². The van der Waals surface area contributed by atoms with Crippen molar-refractivity contribution in [1.82, 2.24) is 4.98 Å². The van der Waals surface area contributed by atoms with Gasteiger partial charge in [-0.25, -0.2) is 0 Å². The number of nitro groups is 1. The molecule has 0 amide bonds. The number of nitrogen functional groups attached to an aromatic ring is 1. The van der Waals surface area contributed by atoms with Crippen molar-refractivity contribution in [2.75, 3.05) is 5.73 Å². The van der Waals surface area contributed by atoms with Gasteiger partial charge in [0, 0.05) is 11.8 Å². The zero-order valence-electron chi connectivity index (χ0n) is 5.43. The fraction of sp³-hybridized carbons (Fsp3) is 0. The Balaban J connectivity index is 0.000001000. The van der Waals surface area contributed by atoms with E-state index in [0.29, 0.717) is 5.69 Å². The highest BCUT2D eigenvalue weighted by Crippen LogP contribution is 2.09. The Bertz CT molecular complexity index is 266. The maximum Gasteiger partial charge on any atom is 0.365 e. The molecule has 0 aliphatic carbocycles. The van der Waals surface area contributed by atoms with Crippen LogP contribution >= 0.6 is 12.4 Å². The topological polar surface area (TPSA) is 82.0 Å². The lowest BCUT2D eigenvalue weighted by molar-refractivity contribution is -0.389. The number of anilines is 1. The summed E-state index contributed by atoms with van der Waals surface area (Å²) in [6.45, 7) is 0. The number of rotatable bonds is 1. The van der Waals surface area contributed by atoms with Gasteiger partial charge in [-0.1, -0.05) is 0 Å². The fourth-order valence-electron chi connectivity index (χ4n) is 0.534. The number of hydrogen-bond donors (Lipinski definition) is 1. The van der Waals surface area contributed by atoms with Crippen LogP contribution in [0.4, 0.5) is 11.5 Å². The Morgan fingerprint density at radius 3 is 2.64 bits per heavy atom. The van der Waals surface area contributed by atoms with Gasteiger partial charge >= 0.3 is 5.82 Å². The Kier molecular flexibility index (Phi) is 3.26. The number of nitrogens with two attached hydrogens (primary N) is 1. The van der Waals surface area contributed by atoms with E-state index in [9.17, 15) is 10.1 Å².